The fourth-order valence-electron chi connectivity index (χ4n) is 1.30. The third kappa shape index (κ3) is 4.20. The zero-order valence-electron chi connectivity index (χ0n) is 9.79. The Morgan fingerprint density at radius 3 is 2.56 bits per heavy atom. The van der Waals surface area contributed by atoms with Crippen LogP contribution in [0.1, 0.15) is 11.1 Å². The number of anilines is 1. The van der Waals surface area contributed by atoms with E-state index in [1.54, 1.807) is 0 Å². The van der Waals surface area contributed by atoms with Crippen molar-refractivity contribution in [3.05, 3.63) is 29.3 Å². The fourth-order valence-corrected chi connectivity index (χ4v) is 1.77. The summed E-state index contributed by atoms with van der Waals surface area (Å²) < 4.78 is 24.1. The molecule has 0 atom stereocenters. The number of aryl methyl sites for hydroxylation is 1. The van der Waals surface area contributed by atoms with Crippen molar-refractivity contribution < 1.29 is 8.42 Å². The number of benzene rings is 1. The van der Waals surface area contributed by atoms with E-state index >= 15 is 0 Å². The molecule has 2 N–H and O–H groups in total. The molecule has 1 aromatic rings. The highest BCUT2D eigenvalue weighted by Gasteiger charge is 2.01. The first kappa shape index (κ1) is 13.0. The van der Waals surface area contributed by atoms with Crippen LogP contribution in [0.25, 0.3) is 0 Å². The van der Waals surface area contributed by atoms with Crippen molar-refractivity contribution in [3.63, 3.8) is 0 Å². The van der Waals surface area contributed by atoms with Crippen molar-refractivity contribution in [2.75, 3.05) is 24.7 Å². The molecule has 0 saturated heterocycles. The van der Waals surface area contributed by atoms with Crippen molar-refractivity contribution in [1.29, 1.82) is 0 Å². The molecule has 0 aromatic heterocycles. The average molecular weight is 241 g/mol. The fraction of sp³-hybridized carbons (Fsp3) is 0.455. The Kier molecular flexibility index (Phi) is 4.32. The van der Waals surface area contributed by atoms with Gasteiger partial charge < -0.3 is 5.32 Å². The lowest BCUT2D eigenvalue weighted by molar-refractivity contribution is 0.589. The van der Waals surface area contributed by atoms with Gasteiger partial charge >= 0.3 is 0 Å². The summed E-state index contributed by atoms with van der Waals surface area (Å²) in [5, 5.41) is 3.17. The molecule has 89 valence electrons. The molecule has 0 fully saturated rings. The quantitative estimate of drug-likeness (QED) is 0.758. The minimum Gasteiger partial charge on any atom is -0.383 e. The molecule has 0 aliphatic rings. The zero-order valence-corrected chi connectivity index (χ0v) is 10.6. The second-order valence-corrected chi connectivity index (χ2v) is 5.60. The van der Waals surface area contributed by atoms with Crippen LogP contribution < -0.4 is 10.0 Å². The Labute approximate surface area is 97.1 Å². The smallest absolute Gasteiger partial charge is 0.208 e. The third-order valence-corrected chi connectivity index (χ3v) is 3.06. The molecule has 0 bridgehead atoms. The van der Waals surface area contributed by atoms with Crippen molar-refractivity contribution in [2.45, 2.75) is 13.8 Å². The predicted molar refractivity (Wildman–Crippen MR) is 66.1 cm³/mol. The normalized spacial score (nSPS) is 11.4. The first-order valence-electron chi connectivity index (χ1n) is 5.06. The lowest BCUT2D eigenvalue weighted by atomic mass is 10.1. The maximum atomic E-state index is 10.8. The van der Waals surface area contributed by atoms with Crippen molar-refractivity contribution in [3.8, 4) is 0 Å². The van der Waals surface area contributed by atoms with Crippen molar-refractivity contribution in [2.24, 2.45) is 0 Å². The topological polar surface area (TPSA) is 58.2 Å². The minimum absolute atomic E-state index is 0.381. The van der Waals surface area contributed by atoms with Crippen molar-refractivity contribution >= 4 is 15.7 Å². The number of nitrogens with one attached hydrogen (secondary N) is 2. The van der Waals surface area contributed by atoms with Gasteiger partial charge in [-0.2, -0.15) is 0 Å². The van der Waals surface area contributed by atoms with Crippen LogP contribution in [-0.2, 0) is 10.0 Å². The van der Waals surface area contributed by atoms with Gasteiger partial charge in [0.2, 0.25) is 10.0 Å². The van der Waals surface area contributed by atoms with E-state index in [-0.39, 0.29) is 0 Å². The molecule has 0 aliphatic carbocycles. The number of rotatable bonds is 5. The van der Waals surface area contributed by atoms with Gasteiger partial charge in [-0.05, 0) is 37.1 Å². The summed E-state index contributed by atoms with van der Waals surface area (Å²) in [7, 11) is -3.09. The molecule has 0 heterocycles. The lowest BCUT2D eigenvalue weighted by Gasteiger charge is -2.11. The third-order valence-electron chi connectivity index (χ3n) is 2.33. The number of hydrogen-bond acceptors (Lipinski definition) is 3. The lowest BCUT2D eigenvalue weighted by Crippen LogP contribution is -2.27. The van der Waals surface area contributed by atoms with Crippen molar-refractivity contribution in [1.82, 2.24) is 4.72 Å². The second-order valence-electron chi connectivity index (χ2n) is 3.77. The summed E-state index contributed by atoms with van der Waals surface area (Å²) >= 11 is 0. The molecular weight excluding hydrogens is 224 g/mol. The molecule has 5 heteroatoms. The first-order valence-corrected chi connectivity index (χ1v) is 6.95. The van der Waals surface area contributed by atoms with Crippen LogP contribution in [0.2, 0.25) is 0 Å². The number of sulfonamides is 1. The van der Waals surface area contributed by atoms with Gasteiger partial charge in [0.25, 0.3) is 0 Å². The summed E-state index contributed by atoms with van der Waals surface area (Å²) in [5.74, 6) is 0. The van der Waals surface area contributed by atoms with Gasteiger partial charge in [0, 0.05) is 18.8 Å². The van der Waals surface area contributed by atoms with Crippen LogP contribution in [0.4, 0.5) is 5.69 Å². The van der Waals surface area contributed by atoms with Gasteiger partial charge in [0.1, 0.15) is 0 Å². The molecule has 0 amide bonds. The van der Waals surface area contributed by atoms with Gasteiger partial charge in [-0.1, -0.05) is 6.07 Å². The zero-order chi connectivity index (χ0) is 12.2. The highest BCUT2D eigenvalue weighted by molar-refractivity contribution is 7.88. The monoisotopic (exact) mass is 241 g/mol. The molecular formula is C11H17N2O2S. The summed E-state index contributed by atoms with van der Waals surface area (Å²) in [6.07, 6.45) is 1.15. The maximum Gasteiger partial charge on any atom is 0.208 e. The van der Waals surface area contributed by atoms with Crippen LogP contribution in [-0.4, -0.2) is 27.8 Å². The summed E-state index contributed by atoms with van der Waals surface area (Å²) in [6.45, 7) is 4.98. The molecule has 1 aromatic carbocycles. The van der Waals surface area contributed by atoms with Crippen LogP contribution in [0.5, 0.6) is 0 Å². The maximum absolute atomic E-state index is 10.8. The SMILES string of the molecule is Cc1c[c]cc(NCCNS(C)(=O)=O)c1C. The van der Waals surface area contributed by atoms with Crippen LogP contribution in [0.3, 0.4) is 0 Å². The molecule has 0 saturated carbocycles. The Balaban J connectivity index is 2.47. The summed E-state index contributed by atoms with van der Waals surface area (Å²) in [4.78, 5) is 0. The average Bonchev–Trinajstić information content (AvgIpc) is 2.17. The minimum atomic E-state index is -3.09. The van der Waals surface area contributed by atoms with E-state index in [0.717, 1.165) is 17.5 Å². The van der Waals surface area contributed by atoms with Gasteiger partial charge in [0.05, 0.1) is 6.26 Å². The Morgan fingerprint density at radius 2 is 1.94 bits per heavy atom. The summed E-state index contributed by atoms with van der Waals surface area (Å²) in [5.41, 5.74) is 3.33. The first-order chi connectivity index (χ1) is 7.40. The Morgan fingerprint density at radius 1 is 1.25 bits per heavy atom. The van der Waals surface area contributed by atoms with Crippen LogP contribution in [0, 0.1) is 19.9 Å². The van der Waals surface area contributed by atoms with E-state index in [0.29, 0.717) is 13.1 Å². The largest absolute Gasteiger partial charge is 0.383 e. The second kappa shape index (κ2) is 5.32. The highest BCUT2D eigenvalue weighted by atomic mass is 32.2. The van der Waals surface area contributed by atoms with Crippen LogP contribution in [0.15, 0.2) is 12.1 Å². The Bertz CT molecular complexity index is 455. The van der Waals surface area contributed by atoms with Gasteiger partial charge in [0.15, 0.2) is 0 Å². The van der Waals surface area contributed by atoms with E-state index in [4.69, 9.17) is 0 Å². The van der Waals surface area contributed by atoms with Crippen LogP contribution >= 0.6 is 0 Å². The molecule has 16 heavy (non-hydrogen) atoms. The molecule has 0 aliphatic heterocycles. The van der Waals surface area contributed by atoms with E-state index in [1.807, 2.05) is 26.0 Å². The molecule has 1 radical (unpaired) electrons. The standard InChI is InChI=1S/C11H17N2O2S/c1-9-5-4-6-11(10(9)2)12-7-8-13-16(3,14)15/h5-6,12-13H,7-8H2,1-3H3. The van der Waals surface area contributed by atoms with E-state index < -0.39 is 10.0 Å². The van der Waals surface area contributed by atoms with Gasteiger partial charge in [-0.25, -0.2) is 13.1 Å². The molecule has 0 spiro atoms. The highest BCUT2D eigenvalue weighted by Crippen LogP contribution is 2.16. The number of hydrogen-bond donors (Lipinski definition) is 2. The predicted octanol–water partition coefficient (Wildman–Crippen LogP) is 1.06. The summed E-state index contributed by atoms with van der Waals surface area (Å²) in [6, 6.07) is 6.82. The van der Waals surface area contributed by atoms with Gasteiger partial charge in [-0.3, -0.25) is 0 Å². The molecule has 4 nitrogen and oxygen atoms in total. The Hall–Kier alpha value is -1.07. The molecule has 0 unspecified atom stereocenters. The van der Waals surface area contributed by atoms with E-state index in [1.165, 1.54) is 5.56 Å². The van der Waals surface area contributed by atoms with E-state index in [2.05, 4.69) is 16.1 Å². The molecule has 1 rings (SSSR count). The van der Waals surface area contributed by atoms with E-state index in [9.17, 15) is 8.42 Å². The van der Waals surface area contributed by atoms with Gasteiger partial charge in [-0.15, -0.1) is 0 Å².